The number of aryl methyl sites for hydroxylation is 1. The number of nitrogens with one attached hydrogen (secondary N) is 1. The van der Waals surface area contributed by atoms with Crippen molar-refractivity contribution in [2.75, 3.05) is 37.6 Å². The fourth-order valence-corrected chi connectivity index (χ4v) is 3.02. The van der Waals surface area contributed by atoms with Crippen LogP contribution in [0.2, 0.25) is 0 Å². The van der Waals surface area contributed by atoms with Gasteiger partial charge in [0, 0.05) is 44.6 Å². The zero-order valence-corrected chi connectivity index (χ0v) is 12.6. The molecule has 22 heavy (non-hydrogen) atoms. The Morgan fingerprint density at radius 3 is 2.77 bits per heavy atom. The van der Waals surface area contributed by atoms with Crippen LogP contribution in [-0.4, -0.2) is 43.5 Å². The van der Waals surface area contributed by atoms with Crippen LogP contribution >= 0.6 is 0 Å². The molecule has 2 aliphatic heterocycles. The minimum atomic E-state index is -0.187. The molecule has 5 heteroatoms. The van der Waals surface area contributed by atoms with Crippen molar-refractivity contribution in [2.24, 2.45) is 0 Å². The van der Waals surface area contributed by atoms with Gasteiger partial charge in [0.15, 0.2) is 0 Å². The van der Waals surface area contributed by atoms with Gasteiger partial charge in [0.05, 0.1) is 0 Å². The number of anilines is 1. The molecule has 0 radical (unpaired) electrons. The first-order valence-electron chi connectivity index (χ1n) is 7.76. The average Bonchev–Trinajstić information content (AvgIpc) is 2.59. The highest BCUT2D eigenvalue weighted by atomic mass is 16.2. The third kappa shape index (κ3) is 2.97. The van der Waals surface area contributed by atoms with Gasteiger partial charge >= 0.3 is 0 Å². The Balaban J connectivity index is 1.83. The van der Waals surface area contributed by atoms with Crippen molar-refractivity contribution in [1.82, 2.24) is 10.2 Å². The Kier molecular flexibility index (Phi) is 4.40. The topological polar surface area (TPSA) is 59.4 Å². The number of piperazine rings is 1. The van der Waals surface area contributed by atoms with Crippen molar-refractivity contribution in [3.8, 4) is 6.07 Å². The van der Waals surface area contributed by atoms with Crippen LogP contribution in [0.5, 0.6) is 0 Å². The number of benzene rings is 1. The van der Waals surface area contributed by atoms with Crippen molar-refractivity contribution >= 4 is 11.6 Å². The molecule has 2 heterocycles. The monoisotopic (exact) mass is 296 g/mol. The van der Waals surface area contributed by atoms with E-state index < -0.39 is 0 Å². The van der Waals surface area contributed by atoms with E-state index in [1.807, 2.05) is 23.1 Å². The molecule has 2 aliphatic rings. The van der Waals surface area contributed by atoms with Crippen LogP contribution in [0.3, 0.4) is 0 Å². The lowest BCUT2D eigenvalue weighted by Crippen LogP contribution is -2.42. The van der Waals surface area contributed by atoms with Crippen molar-refractivity contribution < 1.29 is 4.79 Å². The molecule has 0 aromatic heterocycles. The first-order chi connectivity index (χ1) is 10.8. The lowest BCUT2D eigenvalue weighted by Gasteiger charge is -2.30. The predicted molar refractivity (Wildman–Crippen MR) is 85.3 cm³/mol. The van der Waals surface area contributed by atoms with Crippen molar-refractivity contribution in [3.05, 3.63) is 41.6 Å². The summed E-state index contributed by atoms with van der Waals surface area (Å²) in [7, 11) is 0. The third-order valence-electron chi connectivity index (χ3n) is 4.17. The third-order valence-corrected chi connectivity index (χ3v) is 4.17. The Labute approximate surface area is 130 Å². The molecule has 0 atom stereocenters. The van der Waals surface area contributed by atoms with Gasteiger partial charge in [-0.05, 0) is 24.5 Å². The van der Waals surface area contributed by atoms with E-state index in [-0.39, 0.29) is 11.5 Å². The quantitative estimate of drug-likeness (QED) is 0.660. The second-order valence-corrected chi connectivity index (χ2v) is 5.63. The zero-order valence-electron chi connectivity index (χ0n) is 12.6. The van der Waals surface area contributed by atoms with Crippen molar-refractivity contribution in [3.63, 3.8) is 0 Å². The second-order valence-electron chi connectivity index (χ2n) is 5.63. The van der Waals surface area contributed by atoms with Gasteiger partial charge < -0.3 is 15.1 Å². The van der Waals surface area contributed by atoms with Crippen LogP contribution < -0.4 is 10.2 Å². The summed E-state index contributed by atoms with van der Waals surface area (Å²) in [5.74, 6) is -0.187. The fraction of sp³-hybridized carbons (Fsp3) is 0.412. The molecule has 3 rings (SSSR count). The van der Waals surface area contributed by atoms with E-state index >= 15 is 0 Å². The predicted octanol–water partition coefficient (Wildman–Crippen LogP) is 1.28. The van der Waals surface area contributed by atoms with Crippen LogP contribution in [0.4, 0.5) is 5.69 Å². The molecule has 0 spiro atoms. The van der Waals surface area contributed by atoms with Gasteiger partial charge in [0.2, 0.25) is 0 Å². The standard InChI is InChI=1S/C17H20N4O/c18-12-15(13-20-10-7-19-8-11-20)17(22)21-9-3-5-14-4-1-2-6-16(14)21/h1-2,4,6,13,19H,3,5,7-11H2/b15-13-. The number of rotatable bonds is 2. The second kappa shape index (κ2) is 6.63. The van der Waals surface area contributed by atoms with Crippen molar-refractivity contribution in [2.45, 2.75) is 12.8 Å². The molecular formula is C17H20N4O. The molecule has 1 saturated heterocycles. The molecule has 1 amide bonds. The molecule has 1 N–H and O–H groups in total. The summed E-state index contributed by atoms with van der Waals surface area (Å²) in [6.45, 7) is 4.10. The van der Waals surface area contributed by atoms with Crippen LogP contribution in [0.1, 0.15) is 12.0 Å². The minimum absolute atomic E-state index is 0.187. The van der Waals surface area contributed by atoms with Crippen LogP contribution in [0.25, 0.3) is 0 Å². The van der Waals surface area contributed by atoms with E-state index in [4.69, 9.17) is 0 Å². The van der Waals surface area contributed by atoms with Crippen molar-refractivity contribution in [1.29, 1.82) is 5.26 Å². The Morgan fingerprint density at radius 1 is 1.23 bits per heavy atom. The molecule has 0 bridgehead atoms. The molecule has 1 aromatic carbocycles. The number of hydrogen-bond acceptors (Lipinski definition) is 4. The van der Waals surface area contributed by atoms with E-state index in [9.17, 15) is 10.1 Å². The van der Waals surface area contributed by atoms with Gasteiger partial charge in [-0.25, -0.2) is 0 Å². The molecule has 0 saturated carbocycles. The van der Waals surface area contributed by atoms with E-state index in [1.54, 1.807) is 11.1 Å². The van der Waals surface area contributed by atoms with Gasteiger partial charge in [-0.2, -0.15) is 5.26 Å². The van der Waals surface area contributed by atoms with E-state index in [0.717, 1.165) is 44.7 Å². The Morgan fingerprint density at radius 2 is 2.00 bits per heavy atom. The highest BCUT2D eigenvalue weighted by Crippen LogP contribution is 2.27. The van der Waals surface area contributed by atoms with Crippen LogP contribution in [-0.2, 0) is 11.2 Å². The normalized spacial score (nSPS) is 18.6. The summed E-state index contributed by atoms with van der Waals surface area (Å²) in [6, 6.07) is 10.0. The number of nitriles is 1. The van der Waals surface area contributed by atoms with Gasteiger partial charge in [-0.1, -0.05) is 18.2 Å². The molecule has 114 valence electrons. The summed E-state index contributed by atoms with van der Waals surface area (Å²) in [4.78, 5) is 16.5. The van der Waals surface area contributed by atoms with Gasteiger partial charge in [-0.3, -0.25) is 4.79 Å². The SMILES string of the molecule is N#C/C(=C/N1CCNCC1)C(=O)N1CCCc2ccccc21. The Bertz CT molecular complexity index is 626. The maximum atomic E-state index is 12.8. The number of fused-ring (bicyclic) bond motifs is 1. The van der Waals surface area contributed by atoms with E-state index in [2.05, 4.69) is 17.5 Å². The maximum Gasteiger partial charge on any atom is 0.270 e. The van der Waals surface area contributed by atoms with Crippen LogP contribution in [0, 0.1) is 11.3 Å². The lowest BCUT2D eigenvalue weighted by molar-refractivity contribution is -0.114. The zero-order chi connectivity index (χ0) is 15.4. The number of carbonyl (C=O) groups is 1. The number of carbonyl (C=O) groups excluding carboxylic acids is 1. The highest BCUT2D eigenvalue weighted by molar-refractivity contribution is 6.08. The fourth-order valence-electron chi connectivity index (χ4n) is 3.02. The molecule has 0 unspecified atom stereocenters. The summed E-state index contributed by atoms with van der Waals surface area (Å²) in [6.07, 6.45) is 3.65. The van der Waals surface area contributed by atoms with E-state index in [1.165, 1.54) is 5.56 Å². The molecule has 0 aliphatic carbocycles. The maximum absolute atomic E-state index is 12.8. The average molecular weight is 296 g/mol. The first-order valence-corrected chi connectivity index (χ1v) is 7.76. The minimum Gasteiger partial charge on any atom is -0.374 e. The smallest absolute Gasteiger partial charge is 0.270 e. The highest BCUT2D eigenvalue weighted by Gasteiger charge is 2.25. The lowest BCUT2D eigenvalue weighted by atomic mass is 10.0. The number of nitrogens with zero attached hydrogens (tertiary/aromatic N) is 3. The van der Waals surface area contributed by atoms with Gasteiger partial charge in [0.25, 0.3) is 5.91 Å². The molecule has 5 nitrogen and oxygen atoms in total. The summed E-state index contributed by atoms with van der Waals surface area (Å²) < 4.78 is 0. The van der Waals surface area contributed by atoms with Gasteiger partial charge in [0.1, 0.15) is 11.6 Å². The van der Waals surface area contributed by atoms with Crippen LogP contribution in [0.15, 0.2) is 36.0 Å². The first kappa shape index (κ1) is 14.6. The largest absolute Gasteiger partial charge is 0.374 e. The molecule has 1 fully saturated rings. The molecule has 1 aromatic rings. The Hall–Kier alpha value is -2.32. The summed E-state index contributed by atoms with van der Waals surface area (Å²) in [5, 5.41) is 12.7. The number of amides is 1. The van der Waals surface area contributed by atoms with Gasteiger partial charge in [-0.15, -0.1) is 0 Å². The number of para-hydroxylation sites is 1. The summed E-state index contributed by atoms with van der Waals surface area (Å²) >= 11 is 0. The number of hydrogen-bond donors (Lipinski definition) is 1. The molecular weight excluding hydrogens is 276 g/mol. The summed E-state index contributed by atoms with van der Waals surface area (Å²) in [5.41, 5.74) is 2.35. The van der Waals surface area contributed by atoms with E-state index in [0.29, 0.717) is 6.54 Å².